The van der Waals surface area contributed by atoms with Gasteiger partial charge in [-0.05, 0) is 66.6 Å². The molecule has 2 aliphatic heterocycles. The molecule has 0 spiro atoms. The van der Waals surface area contributed by atoms with Crippen LogP contribution >= 0.6 is 11.6 Å². The smallest absolute Gasteiger partial charge is 0.224 e. The third-order valence-corrected chi connectivity index (χ3v) is 7.14. The summed E-state index contributed by atoms with van der Waals surface area (Å²) in [5.74, 6) is 1.56. The molecular weight excluding hydrogens is 434 g/mol. The first kappa shape index (κ1) is 21.9. The van der Waals surface area contributed by atoms with Crippen molar-refractivity contribution in [1.82, 2.24) is 9.88 Å². The molecule has 2 aromatic carbocycles. The zero-order valence-corrected chi connectivity index (χ0v) is 19.3. The summed E-state index contributed by atoms with van der Waals surface area (Å²) in [4.78, 5) is 19.6. The molecule has 170 valence electrons. The molecule has 6 heteroatoms. The number of hydrogen-bond acceptors (Lipinski definition) is 4. The van der Waals surface area contributed by atoms with Crippen molar-refractivity contribution in [1.29, 1.82) is 0 Å². The van der Waals surface area contributed by atoms with Gasteiger partial charge in [0.25, 0.3) is 0 Å². The zero-order chi connectivity index (χ0) is 22.6. The molecule has 5 nitrogen and oxygen atoms in total. The zero-order valence-electron chi connectivity index (χ0n) is 18.5. The SMILES string of the molecule is O=C1C[C@@H]2CCN(Cc3ccccc3Cl)C[C@@H]2CCOc2ccc(-c3cccnc3)cc2N1. The van der Waals surface area contributed by atoms with Crippen LogP contribution in [0.3, 0.4) is 0 Å². The Labute approximate surface area is 199 Å². The van der Waals surface area contributed by atoms with Crippen molar-refractivity contribution >= 4 is 23.2 Å². The second-order valence-electron chi connectivity index (χ2n) is 8.98. The number of amides is 1. The molecule has 0 saturated carbocycles. The predicted octanol–water partition coefficient (Wildman–Crippen LogP) is 5.65. The maximum Gasteiger partial charge on any atom is 0.224 e. The molecule has 33 heavy (non-hydrogen) atoms. The maximum absolute atomic E-state index is 13.0. The fraction of sp³-hybridized carbons (Fsp3) is 0.333. The van der Waals surface area contributed by atoms with E-state index in [2.05, 4.69) is 21.3 Å². The molecule has 1 saturated heterocycles. The molecule has 0 unspecified atom stereocenters. The minimum Gasteiger partial charge on any atom is -0.491 e. The summed E-state index contributed by atoms with van der Waals surface area (Å²) in [6.45, 7) is 3.41. The van der Waals surface area contributed by atoms with Crippen LogP contribution in [0.15, 0.2) is 67.0 Å². The van der Waals surface area contributed by atoms with E-state index in [1.165, 1.54) is 0 Å². The normalized spacial score (nSPS) is 21.3. The Hall–Kier alpha value is -2.89. The van der Waals surface area contributed by atoms with Crippen LogP contribution in [-0.2, 0) is 11.3 Å². The number of benzene rings is 2. The van der Waals surface area contributed by atoms with Gasteiger partial charge in [-0.1, -0.05) is 41.9 Å². The van der Waals surface area contributed by atoms with E-state index in [4.69, 9.17) is 16.3 Å². The first-order chi connectivity index (χ1) is 16.2. The first-order valence-corrected chi connectivity index (χ1v) is 12.0. The van der Waals surface area contributed by atoms with E-state index in [0.29, 0.717) is 24.9 Å². The topological polar surface area (TPSA) is 54.5 Å². The number of rotatable bonds is 3. The van der Waals surface area contributed by atoms with Gasteiger partial charge < -0.3 is 10.1 Å². The summed E-state index contributed by atoms with van der Waals surface area (Å²) < 4.78 is 6.15. The Morgan fingerprint density at radius 2 is 1.97 bits per heavy atom. The van der Waals surface area contributed by atoms with Crippen LogP contribution in [0.1, 0.15) is 24.8 Å². The minimum atomic E-state index is 0.0552. The van der Waals surface area contributed by atoms with Crippen molar-refractivity contribution in [2.24, 2.45) is 11.8 Å². The number of carbonyl (C=O) groups excluding carboxylic acids is 1. The van der Waals surface area contributed by atoms with Crippen LogP contribution in [-0.4, -0.2) is 35.5 Å². The Balaban J connectivity index is 1.30. The summed E-state index contributed by atoms with van der Waals surface area (Å²) in [5, 5.41) is 3.93. The van der Waals surface area contributed by atoms with Gasteiger partial charge in [0.2, 0.25) is 5.91 Å². The van der Waals surface area contributed by atoms with Gasteiger partial charge in [-0.2, -0.15) is 0 Å². The highest BCUT2D eigenvalue weighted by atomic mass is 35.5. The number of ether oxygens (including phenoxy) is 1. The van der Waals surface area contributed by atoms with E-state index < -0.39 is 0 Å². The van der Waals surface area contributed by atoms with E-state index in [9.17, 15) is 4.79 Å². The number of anilines is 1. The summed E-state index contributed by atoms with van der Waals surface area (Å²) in [6, 6.07) is 17.9. The second-order valence-corrected chi connectivity index (χ2v) is 9.38. The van der Waals surface area contributed by atoms with Gasteiger partial charge in [-0.15, -0.1) is 0 Å². The number of likely N-dealkylation sites (tertiary alicyclic amines) is 1. The van der Waals surface area contributed by atoms with Crippen molar-refractivity contribution < 1.29 is 9.53 Å². The molecule has 1 N–H and O–H groups in total. The maximum atomic E-state index is 13.0. The lowest BCUT2D eigenvalue weighted by atomic mass is 9.81. The molecule has 1 amide bonds. The van der Waals surface area contributed by atoms with Crippen molar-refractivity contribution in [2.75, 3.05) is 25.0 Å². The largest absolute Gasteiger partial charge is 0.491 e. The number of hydrogen-bond donors (Lipinski definition) is 1. The minimum absolute atomic E-state index is 0.0552. The molecule has 0 aliphatic carbocycles. The van der Waals surface area contributed by atoms with Gasteiger partial charge in [-0.3, -0.25) is 14.7 Å². The number of carbonyl (C=O) groups is 1. The van der Waals surface area contributed by atoms with Crippen LogP contribution < -0.4 is 10.1 Å². The van der Waals surface area contributed by atoms with E-state index in [1.54, 1.807) is 6.20 Å². The molecule has 0 bridgehead atoms. The van der Waals surface area contributed by atoms with Gasteiger partial charge >= 0.3 is 0 Å². The third kappa shape index (κ3) is 5.21. The van der Waals surface area contributed by atoms with Crippen LogP contribution in [0.2, 0.25) is 5.02 Å². The van der Waals surface area contributed by atoms with Crippen molar-refractivity contribution in [3.8, 4) is 16.9 Å². The molecule has 2 atom stereocenters. The first-order valence-electron chi connectivity index (χ1n) is 11.6. The van der Waals surface area contributed by atoms with Crippen molar-refractivity contribution in [2.45, 2.75) is 25.8 Å². The third-order valence-electron chi connectivity index (χ3n) is 6.77. The van der Waals surface area contributed by atoms with Crippen molar-refractivity contribution in [3.05, 3.63) is 77.6 Å². The Bertz CT molecular complexity index is 1120. The van der Waals surface area contributed by atoms with Crippen LogP contribution in [0.4, 0.5) is 5.69 Å². The van der Waals surface area contributed by atoms with E-state index in [1.807, 2.05) is 54.7 Å². The highest BCUT2D eigenvalue weighted by molar-refractivity contribution is 6.31. The van der Waals surface area contributed by atoms with E-state index in [0.717, 1.165) is 65.6 Å². The highest BCUT2D eigenvalue weighted by Crippen LogP contribution is 2.35. The lowest BCUT2D eigenvalue weighted by Crippen LogP contribution is -2.42. The van der Waals surface area contributed by atoms with Gasteiger partial charge in [-0.25, -0.2) is 0 Å². The summed E-state index contributed by atoms with van der Waals surface area (Å²) in [5.41, 5.74) is 3.91. The molecule has 0 radical (unpaired) electrons. The summed E-state index contributed by atoms with van der Waals surface area (Å²) >= 11 is 6.38. The number of nitrogens with zero attached hydrogens (tertiary/aromatic N) is 2. The molecule has 1 fully saturated rings. The fourth-order valence-electron chi connectivity index (χ4n) is 4.99. The highest BCUT2D eigenvalue weighted by Gasteiger charge is 2.32. The quantitative estimate of drug-likeness (QED) is 0.547. The van der Waals surface area contributed by atoms with Crippen LogP contribution in [0.5, 0.6) is 5.75 Å². The number of pyridine rings is 1. The molecule has 3 aromatic rings. The van der Waals surface area contributed by atoms with Gasteiger partial charge in [0.15, 0.2) is 0 Å². The average molecular weight is 462 g/mol. The summed E-state index contributed by atoms with van der Waals surface area (Å²) in [7, 11) is 0. The Morgan fingerprint density at radius 3 is 2.82 bits per heavy atom. The number of piperidine rings is 1. The average Bonchev–Trinajstić information content (AvgIpc) is 2.83. The lowest BCUT2D eigenvalue weighted by molar-refractivity contribution is -0.118. The molecule has 1 aromatic heterocycles. The van der Waals surface area contributed by atoms with Crippen LogP contribution in [0.25, 0.3) is 11.1 Å². The standard InChI is InChI=1S/C27H28ClN3O2/c28-24-6-2-1-4-23(24)18-31-12-9-20-15-27(32)30-25-14-19(21-5-3-11-29-16-21)7-8-26(25)33-13-10-22(20)17-31/h1-8,11,14,16,20,22H,9-10,12-13,15,17-18H2,(H,30,32)/t20-,22-/m0/s1. The van der Waals surface area contributed by atoms with E-state index in [-0.39, 0.29) is 5.91 Å². The summed E-state index contributed by atoms with van der Waals surface area (Å²) in [6.07, 6.45) is 6.06. The Morgan fingerprint density at radius 1 is 1.06 bits per heavy atom. The molecule has 3 heterocycles. The monoisotopic (exact) mass is 461 g/mol. The molecule has 5 rings (SSSR count). The number of fused-ring (bicyclic) bond motifs is 2. The van der Waals surface area contributed by atoms with Crippen molar-refractivity contribution in [3.63, 3.8) is 0 Å². The number of nitrogens with one attached hydrogen (secondary N) is 1. The number of halogens is 1. The fourth-order valence-corrected chi connectivity index (χ4v) is 5.18. The van der Waals surface area contributed by atoms with Gasteiger partial charge in [0, 0.05) is 42.5 Å². The molecule has 2 aliphatic rings. The second kappa shape index (κ2) is 9.94. The Kier molecular flexibility index (Phi) is 6.60. The predicted molar refractivity (Wildman–Crippen MR) is 131 cm³/mol. The lowest BCUT2D eigenvalue weighted by Gasteiger charge is -2.39. The van der Waals surface area contributed by atoms with Gasteiger partial charge in [0.05, 0.1) is 12.3 Å². The van der Waals surface area contributed by atoms with Gasteiger partial charge in [0.1, 0.15) is 5.75 Å². The number of aromatic nitrogens is 1. The molecular formula is C27H28ClN3O2. The van der Waals surface area contributed by atoms with Crippen LogP contribution in [0, 0.1) is 11.8 Å². The van der Waals surface area contributed by atoms with E-state index >= 15 is 0 Å².